The van der Waals surface area contributed by atoms with Crippen LogP contribution in [0.25, 0.3) is 0 Å². The van der Waals surface area contributed by atoms with Crippen molar-refractivity contribution in [3.8, 4) is 0 Å². The fourth-order valence-electron chi connectivity index (χ4n) is 1.08. The normalized spacial score (nSPS) is 10.2. The number of halogens is 3. The first-order valence-corrected chi connectivity index (χ1v) is 5.56. The van der Waals surface area contributed by atoms with E-state index in [2.05, 4.69) is 31.9 Å². The van der Waals surface area contributed by atoms with Gasteiger partial charge in [-0.2, -0.15) is 0 Å². The third kappa shape index (κ3) is 2.14. The van der Waals surface area contributed by atoms with Gasteiger partial charge in [0.2, 0.25) is 0 Å². The van der Waals surface area contributed by atoms with Gasteiger partial charge in [0.15, 0.2) is 0 Å². The molecule has 0 heterocycles. The van der Waals surface area contributed by atoms with Gasteiger partial charge in [-0.05, 0) is 58.6 Å². The number of hydrogen-bond acceptors (Lipinski definition) is 1. The number of benzene rings is 1. The van der Waals surface area contributed by atoms with Gasteiger partial charge in [0.25, 0.3) is 5.24 Å². The first-order chi connectivity index (χ1) is 5.95. The summed E-state index contributed by atoms with van der Waals surface area (Å²) in [6.07, 6.45) is 0. The first-order valence-electron chi connectivity index (χ1n) is 3.60. The Morgan fingerprint density at radius 1 is 1.31 bits per heavy atom. The highest BCUT2D eigenvalue weighted by Gasteiger charge is 2.13. The molecule has 0 unspecified atom stereocenters. The summed E-state index contributed by atoms with van der Waals surface area (Å²) in [6, 6.07) is 1.76. The molecule has 0 radical (unpaired) electrons. The van der Waals surface area contributed by atoms with Crippen molar-refractivity contribution >= 4 is 48.7 Å². The summed E-state index contributed by atoms with van der Waals surface area (Å²) in [4.78, 5) is 11.0. The molecule has 0 spiro atoms. The van der Waals surface area contributed by atoms with Crippen LogP contribution in [0, 0.1) is 13.8 Å². The Kier molecular flexibility index (Phi) is 3.55. The number of rotatable bonds is 1. The molecule has 0 aliphatic rings. The highest BCUT2D eigenvalue weighted by atomic mass is 79.9. The quantitative estimate of drug-likeness (QED) is 0.707. The number of carbonyl (C=O) groups is 1. The minimum absolute atomic E-state index is 0.439. The molecule has 1 nitrogen and oxygen atoms in total. The van der Waals surface area contributed by atoms with E-state index in [4.69, 9.17) is 11.6 Å². The van der Waals surface area contributed by atoms with Crippen LogP contribution in [0.4, 0.5) is 0 Å². The Bertz CT molecular complexity index is 374. The molecule has 13 heavy (non-hydrogen) atoms. The van der Waals surface area contributed by atoms with Crippen LogP contribution in [-0.4, -0.2) is 5.24 Å². The fourth-order valence-corrected chi connectivity index (χ4v) is 2.42. The van der Waals surface area contributed by atoms with Crippen LogP contribution in [0.1, 0.15) is 21.5 Å². The Labute approximate surface area is 98.7 Å². The predicted octanol–water partition coefficient (Wildman–Crippen LogP) is 4.21. The van der Waals surface area contributed by atoms with Gasteiger partial charge in [-0.3, -0.25) is 4.79 Å². The average Bonchev–Trinajstić information content (AvgIpc) is 2.07. The van der Waals surface area contributed by atoms with Crippen LogP contribution in [0.3, 0.4) is 0 Å². The van der Waals surface area contributed by atoms with Gasteiger partial charge in [0.1, 0.15) is 0 Å². The van der Waals surface area contributed by atoms with Crippen LogP contribution >= 0.6 is 43.5 Å². The van der Waals surface area contributed by atoms with E-state index in [-0.39, 0.29) is 0 Å². The molecule has 1 aromatic carbocycles. The van der Waals surface area contributed by atoms with Crippen LogP contribution in [0.5, 0.6) is 0 Å². The van der Waals surface area contributed by atoms with E-state index >= 15 is 0 Å². The molecular weight excluding hydrogens is 319 g/mol. The van der Waals surface area contributed by atoms with Gasteiger partial charge in [-0.15, -0.1) is 0 Å². The number of carbonyl (C=O) groups excluding carboxylic acids is 1. The van der Waals surface area contributed by atoms with Gasteiger partial charge in [0, 0.05) is 14.5 Å². The molecule has 0 saturated heterocycles. The van der Waals surface area contributed by atoms with Crippen LogP contribution in [0.2, 0.25) is 0 Å². The van der Waals surface area contributed by atoms with Crippen molar-refractivity contribution in [3.63, 3.8) is 0 Å². The topological polar surface area (TPSA) is 17.1 Å². The largest absolute Gasteiger partial charge is 0.276 e. The summed E-state index contributed by atoms with van der Waals surface area (Å²) in [7, 11) is 0. The van der Waals surface area contributed by atoms with Crippen LogP contribution in [-0.2, 0) is 0 Å². The van der Waals surface area contributed by atoms with Gasteiger partial charge >= 0.3 is 0 Å². The van der Waals surface area contributed by atoms with E-state index in [0.717, 1.165) is 20.1 Å². The Morgan fingerprint density at radius 3 is 2.31 bits per heavy atom. The van der Waals surface area contributed by atoms with Crippen molar-refractivity contribution < 1.29 is 4.79 Å². The lowest BCUT2D eigenvalue weighted by molar-refractivity contribution is 0.108. The van der Waals surface area contributed by atoms with Crippen molar-refractivity contribution in [3.05, 3.63) is 31.7 Å². The maximum Gasteiger partial charge on any atom is 0.253 e. The van der Waals surface area contributed by atoms with Crippen molar-refractivity contribution in [1.82, 2.24) is 0 Å². The second kappa shape index (κ2) is 4.11. The Balaban J connectivity index is 3.50. The second-order valence-electron chi connectivity index (χ2n) is 2.77. The zero-order chi connectivity index (χ0) is 10.2. The monoisotopic (exact) mass is 324 g/mol. The molecule has 0 fully saturated rings. The fraction of sp³-hybridized carbons (Fsp3) is 0.222. The molecule has 0 aromatic heterocycles. The van der Waals surface area contributed by atoms with E-state index < -0.39 is 5.24 Å². The first kappa shape index (κ1) is 11.2. The molecule has 0 saturated carbocycles. The maximum atomic E-state index is 11.0. The summed E-state index contributed by atoms with van der Waals surface area (Å²) in [5, 5.41) is -0.439. The van der Waals surface area contributed by atoms with Gasteiger partial charge in [-0.25, -0.2) is 0 Å². The summed E-state index contributed by atoms with van der Waals surface area (Å²) in [6.45, 7) is 3.84. The molecule has 1 rings (SSSR count). The van der Waals surface area contributed by atoms with E-state index in [1.807, 2.05) is 13.8 Å². The molecule has 0 aliphatic heterocycles. The molecule has 70 valence electrons. The zero-order valence-electron chi connectivity index (χ0n) is 7.12. The zero-order valence-corrected chi connectivity index (χ0v) is 11.0. The Hall–Kier alpha value is 0.140. The van der Waals surface area contributed by atoms with E-state index in [0.29, 0.717) is 5.56 Å². The minimum atomic E-state index is -0.439. The second-order valence-corrected chi connectivity index (χ2v) is 4.70. The van der Waals surface area contributed by atoms with Crippen molar-refractivity contribution in [2.24, 2.45) is 0 Å². The predicted molar refractivity (Wildman–Crippen MR) is 61.5 cm³/mol. The lowest BCUT2D eigenvalue weighted by Gasteiger charge is -2.08. The van der Waals surface area contributed by atoms with Crippen molar-refractivity contribution in [2.75, 3.05) is 0 Å². The smallest absolute Gasteiger partial charge is 0.253 e. The lowest BCUT2D eigenvalue weighted by atomic mass is 10.1. The highest BCUT2D eigenvalue weighted by Crippen LogP contribution is 2.31. The minimum Gasteiger partial charge on any atom is -0.276 e. The molecule has 0 amide bonds. The van der Waals surface area contributed by atoms with E-state index in [1.165, 1.54) is 0 Å². The molecule has 0 aliphatic carbocycles. The van der Waals surface area contributed by atoms with Gasteiger partial charge in [0.05, 0.1) is 0 Å². The SMILES string of the molecule is Cc1cc(C(=O)Cl)c(Br)c(C)c1Br. The van der Waals surface area contributed by atoms with E-state index in [1.54, 1.807) is 6.07 Å². The average molecular weight is 326 g/mol. The van der Waals surface area contributed by atoms with Crippen molar-refractivity contribution in [2.45, 2.75) is 13.8 Å². The third-order valence-electron chi connectivity index (χ3n) is 1.81. The van der Waals surface area contributed by atoms with Gasteiger partial charge in [-0.1, -0.05) is 15.9 Å². The molecule has 0 bridgehead atoms. The van der Waals surface area contributed by atoms with Gasteiger partial charge < -0.3 is 0 Å². The lowest BCUT2D eigenvalue weighted by Crippen LogP contribution is -1.95. The molecule has 0 N–H and O–H groups in total. The highest BCUT2D eigenvalue weighted by molar-refractivity contribution is 9.11. The third-order valence-corrected chi connectivity index (χ3v) is 4.26. The van der Waals surface area contributed by atoms with Crippen LogP contribution in [0.15, 0.2) is 15.0 Å². The summed E-state index contributed by atoms with van der Waals surface area (Å²) < 4.78 is 1.76. The molecule has 0 atom stereocenters. The number of aryl methyl sites for hydroxylation is 1. The van der Waals surface area contributed by atoms with Crippen LogP contribution < -0.4 is 0 Å². The summed E-state index contributed by atoms with van der Waals surface area (Å²) >= 11 is 12.2. The molecule has 4 heteroatoms. The van der Waals surface area contributed by atoms with Crippen molar-refractivity contribution in [1.29, 1.82) is 0 Å². The van der Waals surface area contributed by atoms with E-state index in [9.17, 15) is 4.79 Å². The summed E-state index contributed by atoms with van der Waals surface area (Å²) in [5.74, 6) is 0. The standard InChI is InChI=1S/C9H7Br2ClO/c1-4-3-6(9(12)13)8(11)5(2)7(4)10/h3H,1-2H3. The summed E-state index contributed by atoms with van der Waals surface area (Å²) in [5.41, 5.74) is 2.51. The number of hydrogen-bond donors (Lipinski definition) is 0. The Morgan fingerprint density at radius 2 is 1.85 bits per heavy atom. The molecule has 1 aromatic rings. The maximum absolute atomic E-state index is 11.0. The molecular formula is C9H7Br2ClO.